The fraction of sp³-hybridized carbons (Fsp3) is 0.500. The maximum Gasteiger partial charge on any atom is 0.240 e. The Hall–Kier alpha value is -1.11. The summed E-state index contributed by atoms with van der Waals surface area (Å²) in [5.74, 6) is 0. The molecular weight excluding hydrogens is 250 g/mol. The van der Waals surface area contributed by atoms with E-state index in [0.29, 0.717) is 11.4 Å². The van der Waals surface area contributed by atoms with Gasteiger partial charge >= 0.3 is 0 Å². The number of nitrogens with two attached hydrogens (primary N) is 1. The molecular formula is C12H19N3O2S. The molecule has 0 fully saturated rings. The zero-order valence-electron chi connectivity index (χ0n) is 10.5. The van der Waals surface area contributed by atoms with E-state index in [4.69, 9.17) is 5.73 Å². The van der Waals surface area contributed by atoms with Crippen molar-refractivity contribution in [1.82, 2.24) is 4.72 Å². The average Bonchev–Trinajstić information content (AvgIpc) is 2.36. The van der Waals surface area contributed by atoms with Crippen molar-refractivity contribution in [1.29, 1.82) is 0 Å². The van der Waals surface area contributed by atoms with Crippen LogP contribution in [0.2, 0.25) is 0 Å². The molecule has 0 aromatic heterocycles. The maximum atomic E-state index is 12.0. The van der Waals surface area contributed by atoms with Gasteiger partial charge in [-0.2, -0.15) is 0 Å². The van der Waals surface area contributed by atoms with E-state index in [1.54, 1.807) is 12.1 Å². The molecule has 0 unspecified atom stereocenters. The van der Waals surface area contributed by atoms with Gasteiger partial charge in [-0.1, -0.05) is 6.07 Å². The number of anilines is 1. The van der Waals surface area contributed by atoms with Crippen LogP contribution in [0.5, 0.6) is 0 Å². The van der Waals surface area contributed by atoms with Gasteiger partial charge in [0, 0.05) is 32.4 Å². The maximum absolute atomic E-state index is 12.0. The van der Waals surface area contributed by atoms with Crippen LogP contribution < -0.4 is 15.4 Å². The second kappa shape index (κ2) is 5.26. The van der Waals surface area contributed by atoms with Crippen LogP contribution in [0.15, 0.2) is 23.1 Å². The number of fused-ring (bicyclic) bond motifs is 1. The lowest BCUT2D eigenvalue weighted by atomic mass is 10.0. The molecule has 0 amide bonds. The van der Waals surface area contributed by atoms with Crippen LogP contribution >= 0.6 is 0 Å². The third-order valence-electron chi connectivity index (χ3n) is 3.15. The first-order chi connectivity index (χ1) is 8.54. The molecule has 0 atom stereocenters. The molecule has 1 aliphatic heterocycles. The zero-order valence-corrected chi connectivity index (χ0v) is 11.3. The molecule has 5 nitrogen and oxygen atoms in total. The van der Waals surface area contributed by atoms with Gasteiger partial charge in [0.1, 0.15) is 0 Å². The van der Waals surface area contributed by atoms with Gasteiger partial charge in [0.05, 0.1) is 4.90 Å². The molecule has 0 radical (unpaired) electrons. The van der Waals surface area contributed by atoms with Crippen molar-refractivity contribution in [2.24, 2.45) is 5.73 Å². The van der Waals surface area contributed by atoms with E-state index in [2.05, 4.69) is 9.62 Å². The number of rotatable bonds is 4. The third-order valence-corrected chi connectivity index (χ3v) is 4.61. The first kappa shape index (κ1) is 13.3. The highest BCUT2D eigenvalue weighted by Crippen LogP contribution is 2.28. The standard InChI is InChI=1S/C12H19N3O2S/c1-15-8-2-3-10-4-5-11(9-12(10)15)18(16,17)14-7-6-13/h4-5,9,14H,2-3,6-8,13H2,1H3. The lowest BCUT2D eigenvalue weighted by Gasteiger charge is -2.27. The second-order valence-corrected chi connectivity index (χ2v) is 6.27. The summed E-state index contributed by atoms with van der Waals surface area (Å²) in [4.78, 5) is 2.41. The highest BCUT2D eigenvalue weighted by Gasteiger charge is 2.19. The predicted molar refractivity (Wildman–Crippen MR) is 72.3 cm³/mol. The number of hydrogen-bond donors (Lipinski definition) is 2. The summed E-state index contributed by atoms with van der Waals surface area (Å²) >= 11 is 0. The lowest BCUT2D eigenvalue weighted by Crippen LogP contribution is -2.30. The molecule has 2 rings (SSSR count). The summed E-state index contributed by atoms with van der Waals surface area (Å²) in [6.45, 7) is 1.52. The summed E-state index contributed by atoms with van der Waals surface area (Å²) in [5.41, 5.74) is 7.53. The highest BCUT2D eigenvalue weighted by atomic mass is 32.2. The van der Waals surface area contributed by atoms with Crippen molar-refractivity contribution >= 4 is 15.7 Å². The largest absolute Gasteiger partial charge is 0.374 e. The molecule has 0 bridgehead atoms. The predicted octanol–water partition coefficient (Wildman–Crippen LogP) is 0.306. The van der Waals surface area contributed by atoms with E-state index in [9.17, 15) is 8.42 Å². The van der Waals surface area contributed by atoms with Crippen molar-refractivity contribution in [2.45, 2.75) is 17.7 Å². The van der Waals surface area contributed by atoms with E-state index >= 15 is 0 Å². The van der Waals surface area contributed by atoms with Crippen LogP contribution in [0.1, 0.15) is 12.0 Å². The van der Waals surface area contributed by atoms with Crippen molar-refractivity contribution in [3.8, 4) is 0 Å². The van der Waals surface area contributed by atoms with Crippen LogP contribution in [-0.2, 0) is 16.4 Å². The van der Waals surface area contributed by atoms with Crippen molar-refractivity contribution in [3.05, 3.63) is 23.8 Å². The Balaban J connectivity index is 2.33. The van der Waals surface area contributed by atoms with Gasteiger partial charge in [0.2, 0.25) is 10.0 Å². The summed E-state index contributed by atoms with van der Waals surface area (Å²) in [6, 6.07) is 5.31. The highest BCUT2D eigenvalue weighted by molar-refractivity contribution is 7.89. The Morgan fingerprint density at radius 3 is 2.94 bits per heavy atom. The monoisotopic (exact) mass is 269 g/mol. The molecule has 6 heteroatoms. The van der Waals surface area contributed by atoms with Gasteiger partial charge in [0.25, 0.3) is 0 Å². The molecule has 1 heterocycles. The van der Waals surface area contributed by atoms with Crippen LogP contribution in [0.3, 0.4) is 0 Å². The van der Waals surface area contributed by atoms with E-state index in [1.807, 2.05) is 13.1 Å². The third kappa shape index (κ3) is 2.66. The van der Waals surface area contributed by atoms with Crippen LogP contribution in [0, 0.1) is 0 Å². The van der Waals surface area contributed by atoms with Crippen molar-refractivity contribution < 1.29 is 8.42 Å². The van der Waals surface area contributed by atoms with E-state index in [-0.39, 0.29) is 6.54 Å². The Bertz CT molecular complexity index is 528. The minimum absolute atomic E-state index is 0.259. The van der Waals surface area contributed by atoms with E-state index < -0.39 is 10.0 Å². The summed E-state index contributed by atoms with van der Waals surface area (Å²) in [6.07, 6.45) is 2.12. The van der Waals surface area contributed by atoms with Gasteiger partial charge in [-0.05, 0) is 30.5 Å². The molecule has 1 aliphatic rings. The average molecular weight is 269 g/mol. The molecule has 0 spiro atoms. The number of nitrogens with one attached hydrogen (secondary N) is 1. The number of nitrogens with zero attached hydrogens (tertiary/aromatic N) is 1. The molecule has 1 aromatic carbocycles. The Labute approximate surface area is 108 Å². The first-order valence-corrected chi connectivity index (χ1v) is 7.57. The molecule has 3 N–H and O–H groups in total. The first-order valence-electron chi connectivity index (χ1n) is 6.08. The van der Waals surface area contributed by atoms with Crippen molar-refractivity contribution in [3.63, 3.8) is 0 Å². The Morgan fingerprint density at radius 2 is 2.22 bits per heavy atom. The molecule has 18 heavy (non-hydrogen) atoms. The normalized spacial score (nSPS) is 15.6. The Morgan fingerprint density at radius 1 is 1.44 bits per heavy atom. The van der Waals surface area contributed by atoms with E-state index in [1.165, 1.54) is 5.56 Å². The van der Waals surface area contributed by atoms with Gasteiger partial charge in [-0.25, -0.2) is 13.1 Å². The summed E-state index contributed by atoms with van der Waals surface area (Å²) in [5, 5.41) is 0. The molecule has 0 saturated heterocycles. The number of aryl methyl sites for hydroxylation is 1. The molecule has 1 aromatic rings. The lowest BCUT2D eigenvalue weighted by molar-refractivity contribution is 0.582. The fourth-order valence-electron chi connectivity index (χ4n) is 2.18. The SMILES string of the molecule is CN1CCCc2ccc(S(=O)(=O)NCCN)cc21. The fourth-order valence-corrected chi connectivity index (χ4v) is 3.25. The van der Waals surface area contributed by atoms with Crippen LogP contribution in [0.4, 0.5) is 5.69 Å². The minimum Gasteiger partial charge on any atom is -0.374 e. The molecule has 0 saturated carbocycles. The van der Waals surface area contributed by atoms with Crippen LogP contribution in [-0.4, -0.2) is 35.1 Å². The number of benzene rings is 1. The topological polar surface area (TPSA) is 75.4 Å². The van der Waals surface area contributed by atoms with Crippen LogP contribution in [0.25, 0.3) is 0 Å². The summed E-state index contributed by atoms with van der Waals surface area (Å²) < 4.78 is 26.5. The number of sulfonamides is 1. The zero-order chi connectivity index (χ0) is 13.2. The summed E-state index contributed by atoms with van der Waals surface area (Å²) in [7, 11) is -1.45. The van der Waals surface area contributed by atoms with Gasteiger partial charge in [-0.3, -0.25) is 0 Å². The second-order valence-electron chi connectivity index (χ2n) is 4.50. The number of hydrogen-bond acceptors (Lipinski definition) is 4. The molecule has 0 aliphatic carbocycles. The van der Waals surface area contributed by atoms with Crippen molar-refractivity contribution in [2.75, 3.05) is 31.6 Å². The minimum atomic E-state index is -3.44. The van der Waals surface area contributed by atoms with Gasteiger partial charge < -0.3 is 10.6 Å². The molecule has 100 valence electrons. The Kier molecular flexibility index (Phi) is 3.89. The smallest absolute Gasteiger partial charge is 0.240 e. The quantitative estimate of drug-likeness (QED) is 0.824. The van der Waals surface area contributed by atoms with Gasteiger partial charge in [-0.15, -0.1) is 0 Å². The van der Waals surface area contributed by atoms with E-state index in [0.717, 1.165) is 25.1 Å². The van der Waals surface area contributed by atoms with Gasteiger partial charge in [0.15, 0.2) is 0 Å².